The fourth-order valence-corrected chi connectivity index (χ4v) is 2.97. The van der Waals surface area contributed by atoms with Crippen LogP contribution in [0.2, 0.25) is 5.02 Å². The summed E-state index contributed by atoms with van der Waals surface area (Å²) in [6, 6.07) is 5.64. The summed E-state index contributed by atoms with van der Waals surface area (Å²) in [6.45, 7) is 4.59. The van der Waals surface area contributed by atoms with E-state index in [0.29, 0.717) is 12.4 Å². The first kappa shape index (κ1) is 15.7. The molecular weight excluding hydrogens is 312 g/mol. The molecule has 0 saturated heterocycles. The van der Waals surface area contributed by atoms with Gasteiger partial charge in [0.2, 0.25) is 0 Å². The van der Waals surface area contributed by atoms with Crippen molar-refractivity contribution in [2.45, 2.75) is 32.6 Å². The molecule has 5 nitrogen and oxygen atoms in total. The summed E-state index contributed by atoms with van der Waals surface area (Å²) in [6.07, 6.45) is 3.24. The Kier molecular flexibility index (Phi) is 4.22. The summed E-state index contributed by atoms with van der Waals surface area (Å²) in [5.41, 5.74) is 8.88. The molecule has 120 valence electrons. The summed E-state index contributed by atoms with van der Waals surface area (Å²) in [5, 5.41) is 0.274. The lowest BCUT2D eigenvalue weighted by Gasteiger charge is -2.30. The molecule has 3 rings (SSSR count). The maximum absolute atomic E-state index is 13.0. The van der Waals surface area contributed by atoms with E-state index >= 15 is 0 Å². The maximum Gasteiger partial charge on any atom is 0.278 e. The van der Waals surface area contributed by atoms with Gasteiger partial charge in [-0.2, -0.15) is 0 Å². The minimum Gasteiger partial charge on any atom is -0.398 e. The zero-order valence-corrected chi connectivity index (χ0v) is 14.0. The molecule has 0 spiro atoms. The Morgan fingerprint density at radius 2 is 2.17 bits per heavy atom. The highest BCUT2D eigenvalue weighted by Gasteiger charge is 2.27. The van der Waals surface area contributed by atoms with E-state index in [2.05, 4.69) is 9.97 Å². The number of fused-ring (bicyclic) bond motifs is 1. The van der Waals surface area contributed by atoms with Gasteiger partial charge in [-0.25, -0.2) is 9.97 Å². The normalized spacial score (nSPS) is 14.0. The lowest BCUT2D eigenvalue weighted by atomic mass is 9.99. The first-order valence-corrected chi connectivity index (χ1v) is 8.08. The number of halogens is 1. The largest absolute Gasteiger partial charge is 0.398 e. The number of hydrogen-bond donors (Lipinski definition) is 1. The van der Waals surface area contributed by atoms with Crippen LogP contribution in [-0.2, 0) is 6.42 Å². The van der Waals surface area contributed by atoms with Crippen molar-refractivity contribution in [3.05, 3.63) is 46.5 Å². The van der Waals surface area contributed by atoms with E-state index < -0.39 is 0 Å². The molecule has 1 aromatic carbocycles. The number of nitrogens with two attached hydrogens (primary N) is 1. The summed E-state index contributed by atoms with van der Waals surface area (Å²) in [7, 11) is 0. The molecule has 2 heterocycles. The average Bonchev–Trinajstić information content (AvgIpc) is 2.54. The van der Waals surface area contributed by atoms with Crippen molar-refractivity contribution in [2.24, 2.45) is 0 Å². The smallest absolute Gasteiger partial charge is 0.278 e. The molecule has 0 aliphatic carbocycles. The van der Waals surface area contributed by atoms with Crippen molar-refractivity contribution >= 4 is 28.9 Å². The number of nitrogen functional groups attached to an aromatic ring is 1. The molecule has 0 radical (unpaired) electrons. The van der Waals surface area contributed by atoms with Gasteiger partial charge in [0.05, 0.1) is 11.2 Å². The SMILES string of the molecule is CC(C)c1ncc(Cl)c(C(=O)N2CCCc3c(N)cccc32)n1. The number of amides is 1. The molecule has 0 bridgehead atoms. The molecular formula is C17H19ClN4O. The Labute approximate surface area is 140 Å². The van der Waals surface area contributed by atoms with Crippen LogP contribution in [0.25, 0.3) is 0 Å². The van der Waals surface area contributed by atoms with Crippen molar-refractivity contribution in [2.75, 3.05) is 17.2 Å². The predicted molar refractivity (Wildman–Crippen MR) is 92.0 cm³/mol. The maximum atomic E-state index is 13.0. The van der Waals surface area contributed by atoms with E-state index in [-0.39, 0.29) is 22.5 Å². The number of hydrogen-bond acceptors (Lipinski definition) is 4. The van der Waals surface area contributed by atoms with Gasteiger partial charge < -0.3 is 10.6 Å². The second-order valence-corrected chi connectivity index (χ2v) is 6.39. The topological polar surface area (TPSA) is 72.1 Å². The van der Waals surface area contributed by atoms with Crippen molar-refractivity contribution in [1.29, 1.82) is 0 Å². The lowest BCUT2D eigenvalue weighted by molar-refractivity contribution is 0.0980. The zero-order chi connectivity index (χ0) is 16.6. The van der Waals surface area contributed by atoms with Crippen LogP contribution >= 0.6 is 11.6 Å². The first-order valence-electron chi connectivity index (χ1n) is 7.70. The Balaban J connectivity index is 2.03. The highest BCUT2D eigenvalue weighted by Crippen LogP contribution is 2.32. The Morgan fingerprint density at radius 1 is 1.39 bits per heavy atom. The first-order chi connectivity index (χ1) is 11.0. The van der Waals surface area contributed by atoms with Crippen molar-refractivity contribution in [3.63, 3.8) is 0 Å². The van der Waals surface area contributed by atoms with E-state index in [1.54, 1.807) is 4.90 Å². The fourth-order valence-electron chi connectivity index (χ4n) is 2.80. The molecule has 6 heteroatoms. The zero-order valence-electron chi connectivity index (χ0n) is 13.2. The standard InChI is InChI=1S/C17H19ClN4O/c1-10(2)16-20-9-12(18)15(21-16)17(23)22-8-4-5-11-13(19)6-3-7-14(11)22/h3,6-7,9-10H,4-5,8,19H2,1-2H3. The molecule has 1 aromatic heterocycles. The van der Waals surface area contributed by atoms with Crippen LogP contribution in [0.4, 0.5) is 11.4 Å². The minimum atomic E-state index is -0.203. The number of rotatable bonds is 2. The van der Waals surface area contributed by atoms with Crippen LogP contribution in [0.5, 0.6) is 0 Å². The van der Waals surface area contributed by atoms with Crippen LogP contribution in [-0.4, -0.2) is 22.4 Å². The van der Waals surface area contributed by atoms with E-state index in [0.717, 1.165) is 29.8 Å². The number of benzene rings is 1. The highest BCUT2D eigenvalue weighted by atomic mass is 35.5. The molecule has 2 aromatic rings. The van der Waals surface area contributed by atoms with Crippen molar-refractivity contribution in [3.8, 4) is 0 Å². The van der Waals surface area contributed by atoms with Gasteiger partial charge in [0.1, 0.15) is 5.82 Å². The third kappa shape index (κ3) is 2.88. The van der Waals surface area contributed by atoms with Gasteiger partial charge in [-0.05, 0) is 30.5 Å². The molecule has 23 heavy (non-hydrogen) atoms. The van der Waals surface area contributed by atoms with Gasteiger partial charge in [-0.3, -0.25) is 4.79 Å². The van der Waals surface area contributed by atoms with Gasteiger partial charge >= 0.3 is 0 Å². The number of aromatic nitrogens is 2. The van der Waals surface area contributed by atoms with Crippen LogP contribution in [0.15, 0.2) is 24.4 Å². The van der Waals surface area contributed by atoms with Gasteiger partial charge in [-0.1, -0.05) is 31.5 Å². The summed E-state index contributed by atoms with van der Waals surface area (Å²) in [4.78, 5) is 23.3. The van der Waals surface area contributed by atoms with Gasteiger partial charge in [0.15, 0.2) is 5.69 Å². The summed E-state index contributed by atoms with van der Waals surface area (Å²) in [5.74, 6) is 0.538. The summed E-state index contributed by atoms with van der Waals surface area (Å²) >= 11 is 6.18. The Morgan fingerprint density at radius 3 is 2.91 bits per heavy atom. The van der Waals surface area contributed by atoms with Crippen molar-refractivity contribution < 1.29 is 4.79 Å². The molecule has 1 aliphatic rings. The Bertz CT molecular complexity index is 760. The molecule has 0 fully saturated rings. The molecule has 1 aliphatic heterocycles. The molecule has 2 N–H and O–H groups in total. The van der Waals surface area contributed by atoms with E-state index in [1.807, 2.05) is 32.0 Å². The number of nitrogens with zero attached hydrogens (tertiary/aromatic N) is 3. The average molecular weight is 331 g/mol. The highest BCUT2D eigenvalue weighted by molar-refractivity contribution is 6.34. The second-order valence-electron chi connectivity index (χ2n) is 5.98. The minimum absolute atomic E-state index is 0.128. The molecule has 1 amide bonds. The third-order valence-corrected chi connectivity index (χ3v) is 4.29. The Hall–Kier alpha value is -2.14. The van der Waals surface area contributed by atoms with Crippen molar-refractivity contribution in [1.82, 2.24) is 9.97 Å². The number of carbonyl (C=O) groups excluding carboxylic acids is 1. The van der Waals surface area contributed by atoms with Crippen LogP contribution in [0.1, 0.15) is 48.1 Å². The third-order valence-electron chi connectivity index (χ3n) is 4.01. The predicted octanol–water partition coefficient (Wildman–Crippen LogP) is 3.43. The second kappa shape index (κ2) is 6.16. The monoisotopic (exact) mass is 330 g/mol. The van der Waals surface area contributed by atoms with E-state index in [1.165, 1.54) is 6.20 Å². The van der Waals surface area contributed by atoms with Gasteiger partial charge in [-0.15, -0.1) is 0 Å². The quantitative estimate of drug-likeness (QED) is 0.856. The molecule has 0 unspecified atom stereocenters. The molecule has 0 atom stereocenters. The number of anilines is 2. The lowest BCUT2D eigenvalue weighted by Crippen LogP contribution is -2.36. The fraction of sp³-hybridized carbons (Fsp3) is 0.353. The number of carbonyl (C=O) groups is 1. The van der Waals surface area contributed by atoms with Crippen LogP contribution in [0, 0.1) is 0 Å². The van der Waals surface area contributed by atoms with E-state index in [4.69, 9.17) is 17.3 Å². The van der Waals surface area contributed by atoms with Gasteiger partial charge in [0.25, 0.3) is 5.91 Å². The van der Waals surface area contributed by atoms with Crippen LogP contribution in [0.3, 0.4) is 0 Å². The van der Waals surface area contributed by atoms with Gasteiger partial charge in [0, 0.05) is 23.8 Å². The summed E-state index contributed by atoms with van der Waals surface area (Å²) < 4.78 is 0. The van der Waals surface area contributed by atoms with E-state index in [9.17, 15) is 4.79 Å². The molecule has 0 saturated carbocycles. The van der Waals surface area contributed by atoms with Crippen LogP contribution < -0.4 is 10.6 Å².